The van der Waals surface area contributed by atoms with Crippen LogP contribution in [-0.2, 0) is 0 Å². The van der Waals surface area contributed by atoms with Gasteiger partial charge < -0.3 is 15.4 Å². The SMILES string of the molecule is CCOc1ccc(-n2nc3c(N4CCCC(N)C4)nnc(C)c3c2C)c(F)c1. The second-order valence-corrected chi connectivity index (χ2v) is 7.22. The molecule has 0 radical (unpaired) electrons. The zero-order valence-electron chi connectivity index (χ0n) is 16.4. The van der Waals surface area contributed by atoms with Crippen LogP contribution < -0.4 is 15.4 Å². The first-order valence-corrected chi connectivity index (χ1v) is 9.65. The Balaban J connectivity index is 1.84. The Bertz CT molecular complexity index is 1020. The second-order valence-electron chi connectivity index (χ2n) is 7.22. The summed E-state index contributed by atoms with van der Waals surface area (Å²) >= 11 is 0. The number of piperidine rings is 1. The van der Waals surface area contributed by atoms with E-state index in [1.807, 2.05) is 20.8 Å². The monoisotopic (exact) mass is 384 g/mol. The number of fused-ring (bicyclic) bond motifs is 1. The first-order valence-electron chi connectivity index (χ1n) is 9.65. The van der Waals surface area contributed by atoms with Crippen LogP contribution in [0.15, 0.2) is 18.2 Å². The molecule has 28 heavy (non-hydrogen) atoms. The fraction of sp³-hybridized carbons (Fsp3) is 0.450. The Labute approximate surface area is 163 Å². The van der Waals surface area contributed by atoms with E-state index in [-0.39, 0.29) is 11.9 Å². The van der Waals surface area contributed by atoms with Crippen LogP contribution in [0.2, 0.25) is 0 Å². The number of halogens is 1. The van der Waals surface area contributed by atoms with Crippen molar-refractivity contribution < 1.29 is 9.13 Å². The zero-order valence-corrected chi connectivity index (χ0v) is 16.4. The van der Waals surface area contributed by atoms with Crippen molar-refractivity contribution in [2.75, 3.05) is 24.6 Å². The molecule has 1 fully saturated rings. The predicted molar refractivity (Wildman–Crippen MR) is 107 cm³/mol. The molecule has 2 N–H and O–H groups in total. The normalized spacial score (nSPS) is 17.3. The number of aryl methyl sites for hydroxylation is 2. The lowest BCUT2D eigenvalue weighted by Crippen LogP contribution is -2.43. The Morgan fingerprint density at radius 1 is 1.29 bits per heavy atom. The molecule has 1 unspecified atom stereocenters. The average Bonchev–Trinajstić information content (AvgIpc) is 3.00. The Morgan fingerprint density at radius 2 is 2.11 bits per heavy atom. The molecule has 0 saturated carbocycles. The van der Waals surface area contributed by atoms with Crippen LogP contribution in [0.4, 0.5) is 10.2 Å². The Kier molecular flexibility index (Phi) is 4.89. The minimum atomic E-state index is -0.387. The lowest BCUT2D eigenvalue weighted by Gasteiger charge is -2.31. The van der Waals surface area contributed by atoms with E-state index in [9.17, 15) is 4.39 Å². The van der Waals surface area contributed by atoms with Gasteiger partial charge in [-0.15, -0.1) is 5.10 Å². The first-order chi connectivity index (χ1) is 13.5. The highest BCUT2D eigenvalue weighted by molar-refractivity contribution is 5.92. The maximum Gasteiger partial charge on any atom is 0.179 e. The molecule has 1 saturated heterocycles. The highest BCUT2D eigenvalue weighted by Crippen LogP contribution is 2.31. The van der Waals surface area contributed by atoms with Crippen molar-refractivity contribution in [3.05, 3.63) is 35.4 Å². The molecule has 7 nitrogen and oxygen atoms in total. The van der Waals surface area contributed by atoms with E-state index in [0.29, 0.717) is 23.9 Å². The van der Waals surface area contributed by atoms with E-state index >= 15 is 0 Å². The van der Waals surface area contributed by atoms with Gasteiger partial charge in [-0.3, -0.25) is 0 Å². The molecule has 4 rings (SSSR count). The summed E-state index contributed by atoms with van der Waals surface area (Å²) in [6.45, 7) is 7.76. The van der Waals surface area contributed by atoms with Crippen LogP contribution in [0.3, 0.4) is 0 Å². The van der Waals surface area contributed by atoms with Gasteiger partial charge in [0.25, 0.3) is 0 Å². The fourth-order valence-electron chi connectivity index (χ4n) is 3.88. The minimum Gasteiger partial charge on any atom is -0.494 e. The molecule has 1 atom stereocenters. The van der Waals surface area contributed by atoms with E-state index in [2.05, 4.69) is 15.1 Å². The zero-order chi connectivity index (χ0) is 19.8. The first kappa shape index (κ1) is 18.6. The smallest absolute Gasteiger partial charge is 0.179 e. The molecule has 148 valence electrons. The van der Waals surface area contributed by atoms with Crippen LogP contribution >= 0.6 is 0 Å². The number of nitrogens with zero attached hydrogens (tertiary/aromatic N) is 5. The molecule has 1 aliphatic rings. The highest BCUT2D eigenvalue weighted by atomic mass is 19.1. The van der Waals surface area contributed by atoms with Gasteiger partial charge in [-0.2, -0.15) is 10.2 Å². The number of aromatic nitrogens is 4. The van der Waals surface area contributed by atoms with Gasteiger partial charge in [-0.05, 0) is 45.7 Å². The maximum atomic E-state index is 14.8. The lowest BCUT2D eigenvalue weighted by atomic mass is 10.1. The summed E-state index contributed by atoms with van der Waals surface area (Å²) in [6.07, 6.45) is 2.01. The number of benzene rings is 1. The topological polar surface area (TPSA) is 82.1 Å². The van der Waals surface area contributed by atoms with E-state index in [1.54, 1.807) is 16.8 Å². The van der Waals surface area contributed by atoms with Crippen LogP contribution in [-0.4, -0.2) is 45.7 Å². The summed E-state index contributed by atoms with van der Waals surface area (Å²) in [5.74, 6) is 0.825. The van der Waals surface area contributed by atoms with Gasteiger partial charge in [0.05, 0.1) is 23.4 Å². The molecular formula is C20H25FN6O. The number of rotatable bonds is 4. The average molecular weight is 384 g/mol. The van der Waals surface area contributed by atoms with Crippen molar-refractivity contribution in [2.45, 2.75) is 39.7 Å². The molecule has 0 amide bonds. The third-order valence-electron chi connectivity index (χ3n) is 5.20. The predicted octanol–water partition coefficient (Wildman–Crippen LogP) is 2.90. The van der Waals surface area contributed by atoms with Gasteiger partial charge >= 0.3 is 0 Å². The maximum absolute atomic E-state index is 14.8. The summed E-state index contributed by atoms with van der Waals surface area (Å²) in [5.41, 5.74) is 8.85. The Hall–Kier alpha value is -2.74. The number of anilines is 1. The summed E-state index contributed by atoms with van der Waals surface area (Å²) in [6, 6.07) is 4.94. The van der Waals surface area contributed by atoms with Crippen LogP contribution in [0.5, 0.6) is 5.75 Å². The van der Waals surface area contributed by atoms with Gasteiger partial charge in [0.2, 0.25) is 0 Å². The molecule has 3 heterocycles. The third kappa shape index (κ3) is 3.17. The largest absolute Gasteiger partial charge is 0.494 e. The molecular weight excluding hydrogens is 359 g/mol. The number of ether oxygens (including phenoxy) is 1. The molecule has 0 spiro atoms. The van der Waals surface area contributed by atoms with Gasteiger partial charge in [0.15, 0.2) is 11.6 Å². The van der Waals surface area contributed by atoms with Gasteiger partial charge in [0.1, 0.15) is 17.0 Å². The number of hydrogen-bond donors (Lipinski definition) is 1. The fourth-order valence-corrected chi connectivity index (χ4v) is 3.88. The van der Waals surface area contributed by atoms with Crippen LogP contribution in [0.25, 0.3) is 16.6 Å². The van der Waals surface area contributed by atoms with Crippen LogP contribution in [0.1, 0.15) is 31.2 Å². The summed E-state index contributed by atoms with van der Waals surface area (Å²) in [4.78, 5) is 2.13. The molecule has 1 aromatic carbocycles. The minimum absolute atomic E-state index is 0.110. The van der Waals surface area contributed by atoms with Crippen molar-refractivity contribution in [3.8, 4) is 11.4 Å². The van der Waals surface area contributed by atoms with E-state index in [4.69, 9.17) is 15.6 Å². The Morgan fingerprint density at radius 3 is 2.82 bits per heavy atom. The van der Waals surface area contributed by atoms with E-state index in [0.717, 1.165) is 48.2 Å². The van der Waals surface area contributed by atoms with Crippen LogP contribution in [0, 0.1) is 19.7 Å². The highest BCUT2D eigenvalue weighted by Gasteiger charge is 2.24. The molecule has 2 aromatic heterocycles. The summed E-state index contributed by atoms with van der Waals surface area (Å²) in [7, 11) is 0. The number of hydrogen-bond acceptors (Lipinski definition) is 6. The van der Waals surface area contributed by atoms with Crippen molar-refractivity contribution in [1.82, 2.24) is 20.0 Å². The van der Waals surface area contributed by atoms with Gasteiger partial charge in [-0.1, -0.05) is 0 Å². The van der Waals surface area contributed by atoms with Crippen molar-refractivity contribution in [1.29, 1.82) is 0 Å². The lowest BCUT2D eigenvalue weighted by molar-refractivity contribution is 0.338. The quantitative estimate of drug-likeness (QED) is 0.745. The molecule has 1 aliphatic heterocycles. The summed E-state index contributed by atoms with van der Waals surface area (Å²) < 4.78 is 21.8. The third-order valence-corrected chi connectivity index (χ3v) is 5.20. The van der Waals surface area contributed by atoms with Crippen molar-refractivity contribution >= 4 is 16.7 Å². The molecule has 8 heteroatoms. The van der Waals surface area contributed by atoms with E-state index in [1.165, 1.54) is 6.07 Å². The molecule has 0 bridgehead atoms. The van der Waals surface area contributed by atoms with Gasteiger partial charge in [-0.25, -0.2) is 9.07 Å². The standard InChI is InChI=1S/C20H25FN6O/c1-4-28-15-7-8-17(16(21)10-15)27-13(3)18-12(2)23-24-20(19(18)25-27)26-9-5-6-14(22)11-26/h7-8,10,14H,4-6,9,11,22H2,1-3H3. The van der Waals surface area contributed by atoms with Crippen molar-refractivity contribution in [3.63, 3.8) is 0 Å². The molecule has 0 aliphatic carbocycles. The van der Waals surface area contributed by atoms with Crippen molar-refractivity contribution in [2.24, 2.45) is 5.73 Å². The van der Waals surface area contributed by atoms with E-state index < -0.39 is 0 Å². The second kappa shape index (κ2) is 7.35. The number of nitrogens with two attached hydrogens (primary N) is 1. The molecule has 3 aromatic rings. The summed E-state index contributed by atoms with van der Waals surface area (Å²) in [5, 5.41) is 14.4. The van der Waals surface area contributed by atoms with Gasteiger partial charge in [0, 0.05) is 25.2 Å².